The Labute approximate surface area is 128 Å². The number of hydrogen-bond donors (Lipinski definition) is 1. The first-order valence-electron chi connectivity index (χ1n) is 6.53. The van der Waals surface area contributed by atoms with Crippen LogP contribution in [0.1, 0.15) is 29.4 Å². The lowest BCUT2D eigenvalue weighted by Gasteiger charge is -2.21. The van der Waals surface area contributed by atoms with Crippen LogP contribution in [-0.4, -0.2) is 11.1 Å². The van der Waals surface area contributed by atoms with E-state index in [2.05, 4.69) is 6.07 Å². The van der Waals surface area contributed by atoms with E-state index in [1.54, 1.807) is 24.3 Å². The number of hydrogen-bond acceptors (Lipinski definition) is 2. The van der Waals surface area contributed by atoms with Crippen LogP contribution in [0.4, 0.5) is 0 Å². The zero-order valence-electron chi connectivity index (χ0n) is 11.2. The molecule has 0 aliphatic carbocycles. The van der Waals surface area contributed by atoms with Crippen molar-refractivity contribution in [3.05, 3.63) is 70.7 Å². The van der Waals surface area contributed by atoms with E-state index in [0.29, 0.717) is 5.02 Å². The van der Waals surface area contributed by atoms with Crippen LogP contribution in [0.5, 0.6) is 0 Å². The molecule has 0 heterocycles. The van der Waals surface area contributed by atoms with E-state index in [1.807, 2.05) is 30.3 Å². The number of carbonyl (C=O) groups is 1. The summed E-state index contributed by atoms with van der Waals surface area (Å²) in [6, 6.07) is 18.5. The van der Waals surface area contributed by atoms with Gasteiger partial charge < -0.3 is 5.11 Å². The Bertz CT molecular complexity index is 647. The van der Waals surface area contributed by atoms with Gasteiger partial charge in [-0.2, -0.15) is 5.26 Å². The molecule has 106 valence electrons. The third kappa shape index (κ3) is 3.84. The van der Waals surface area contributed by atoms with Crippen molar-refractivity contribution in [3.8, 4) is 6.07 Å². The summed E-state index contributed by atoms with van der Waals surface area (Å²) in [5, 5.41) is 19.2. The highest BCUT2D eigenvalue weighted by Gasteiger charge is 2.27. The van der Waals surface area contributed by atoms with Crippen molar-refractivity contribution in [3.63, 3.8) is 0 Å². The first-order chi connectivity index (χ1) is 10.1. The summed E-state index contributed by atoms with van der Waals surface area (Å²) in [7, 11) is 0. The molecule has 0 fully saturated rings. The van der Waals surface area contributed by atoms with E-state index in [9.17, 15) is 10.1 Å². The Morgan fingerprint density at radius 3 is 2.24 bits per heavy atom. The van der Waals surface area contributed by atoms with Crippen LogP contribution in [0.15, 0.2) is 54.6 Å². The van der Waals surface area contributed by atoms with Gasteiger partial charge in [0, 0.05) is 10.9 Å². The minimum absolute atomic E-state index is 0.102. The molecule has 1 N–H and O–H groups in total. The van der Waals surface area contributed by atoms with Crippen molar-refractivity contribution in [2.75, 3.05) is 0 Å². The molecule has 2 aromatic carbocycles. The number of nitrogens with zero attached hydrogens (tertiary/aromatic N) is 1. The number of carboxylic acid groups (broad SMARTS) is 1. The standard InChI is InChI=1S/C17H14ClNO2/c18-14-8-6-13(7-9-14)15(10-17(20)21)16(11-19)12-4-2-1-3-5-12/h1-9,15-16H,10H2,(H,20,21). The molecule has 0 aliphatic heterocycles. The Hall–Kier alpha value is -2.31. The second-order valence-corrected chi connectivity index (χ2v) is 5.21. The van der Waals surface area contributed by atoms with Gasteiger partial charge >= 0.3 is 5.97 Å². The van der Waals surface area contributed by atoms with Gasteiger partial charge in [0.1, 0.15) is 0 Å². The van der Waals surface area contributed by atoms with Gasteiger partial charge in [0.05, 0.1) is 18.4 Å². The first-order valence-corrected chi connectivity index (χ1v) is 6.91. The maximum Gasteiger partial charge on any atom is 0.304 e. The maximum absolute atomic E-state index is 11.2. The van der Waals surface area contributed by atoms with Crippen LogP contribution in [0.25, 0.3) is 0 Å². The highest BCUT2D eigenvalue weighted by atomic mass is 35.5. The average molecular weight is 300 g/mol. The number of aliphatic carboxylic acids is 1. The summed E-state index contributed by atoms with van der Waals surface area (Å²) in [5.74, 6) is -1.85. The lowest BCUT2D eigenvalue weighted by molar-refractivity contribution is -0.137. The van der Waals surface area contributed by atoms with Gasteiger partial charge in [-0.05, 0) is 23.3 Å². The van der Waals surface area contributed by atoms with Crippen molar-refractivity contribution in [2.45, 2.75) is 18.3 Å². The van der Waals surface area contributed by atoms with Crippen LogP contribution in [0.3, 0.4) is 0 Å². The monoisotopic (exact) mass is 299 g/mol. The fraction of sp³-hybridized carbons (Fsp3) is 0.176. The Morgan fingerprint density at radius 1 is 1.10 bits per heavy atom. The summed E-state index contributed by atoms with van der Waals surface area (Å²) >= 11 is 5.87. The number of rotatable bonds is 5. The second kappa shape index (κ2) is 6.92. The molecule has 0 saturated carbocycles. The van der Waals surface area contributed by atoms with Gasteiger partial charge in [-0.3, -0.25) is 4.79 Å². The van der Waals surface area contributed by atoms with E-state index in [-0.39, 0.29) is 6.42 Å². The van der Waals surface area contributed by atoms with E-state index in [4.69, 9.17) is 16.7 Å². The van der Waals surface area contributed by atoms with Crippen LogP contribution in [0, 0.1) is 11.3 Å². The lowest BCUT2D eigenvalue weighted by atomic mass is 9.80. The van der Waals surface area contributed by atoms with E-state index in [1.165, 1.54) is 0 Å². The molecule has 0 aliphatic rings. The van der Waals surface area contributed by atoms with Crippen molar-refractivity contribution in [2.24, 2.45) is 0 Å². The average Bonchev–Trinajstić information content (AvgIpc) is 2.48. The zero-order valence-corrected chi connectivity index (χ0v) is 12.0. The minimum atomic E-state index is -0.925. The summed E-state index contributed by atoms with van der Waals surface area (Å²) in [4.78, 5) is 11.2. The number of nitriles is 1. The number of benzene rings is 2. The Kier molecular flexibility index (Phi) is 4.97. The van der Waals surface area contributed by atoms with Crippen LogP contribution >= 0.6 is 11.6 Å². The maximum atomic E-state index is 11.2. The smallest absolute Gasteiger partial charge is 0.304 e. The molecule has 21 heavy (non-hydrogen) atoms. The van der Waals surface area contributed by atoms with E-state index in [0.717, 1.165) is 11.1 Å². The van der Waals surface area contributed by atoms with Crippen molar-refractivity contribution >= 4 is 17.6 Å². The first kappa shape index (κ1) is 15.1. The van der Waals surface area contributed by atoms with Gasteiger partial charge in [-0.15, -0.1) is 0 Å². The molecule has 0 spiro atoms. The number of halogens is 1. The SMILES string of the molecule is N#CC(c1ccccc1)C(CC(=O)O)c1ccc(Cl)cc1. The van der Waals surface area contributed by atoms with E-state index < -0.39 is 17.8 Å². The van der Waals surface area contributed by atoms with Gasteiger partial charge in [0.15, 0.2) is 0 Å². The Balaban J connectivity index is 2.41. The predicted molar refractivity (Wildman–Crippen MR) is 81.2 cm³/mol. The van der Waals surface area contributed by atoms with E-state index >= 15 is 0 Å². The topological polar surface area (TPSA) is 61.1 Å². The van der Waals surface area contributed by atoms with Crippen LogP contribution in [0.2, 0.25) is 5.02 Å². The predicted octanol–water partition coefficient (Wildman–Crippen LogP) is 4.21. The van der Waals surface area contributed by atoms with Gasteiger partial charge in [-0.25, -0.2) is 0 Å². The van der Waals surface area contributed by atoms with Gasteiger partial charge in [0.25, 0.3) is 0 Å². The highest BCUT2D eigenvalue weighted by Crippen LogP contribution is 2.35. The number of carboxylic acids is 1. The quantitative estimate of drug-likeness (QED) is 0.899. The summed E-state index contributed by atoms with van der Waals surface area (Å²) in [6.45, 7) is 0. The lowest BCUT2D eigenvalue weighted by Crippen LogP contribution is -2.14. The molecule has 2 aromatic rings. The molecule has 3 nitrogen and oxygen atoms in total. The largest absolute Gasteiger partial charge is 0.481 e. The molecule has 0 amide bonds. The molecule has 2 atom stereocenters. The molecule has 4 heteroatoms. The van der Waals surface area contributed by atoms with Crippen LogP contribution < -0.4 is 0 Å². The molecule has 0 radical (unpaired) electrons. The fourth-order valence-corrected chi connectivity index (χ4v) is 2.51. The molecule has 2 unspecified atom stereocenters. The molecule has 0 aromatic heterocycles. The van der Waals surface area contributed by atoms with Crippen molar-refractivity contribution in [1.29, 1.82) is 5.26 Å². The molecule has 2 rings (SSSR count). The van der Waals surface area contributed by atoms with Gasteiger partial charge in [-0.1, -0.05) is 54.1 Å². The van der Waals surface area contributed by atoms with Crippen molar-refractivity contribution < 1.29 is 9.90 Å². The Morgan fingerprint density at radius 2 is 1.71 bits per heavy atom. The highest BCUT2D eigenvalue weighted by molar-refractivity contribution is 6.30. The fourth-order valence-electron chi connectivity index (χ4n) is 2.38. The zero-order chi connectivity index (χ0) is 15.2. The van der Waals surface area contributed by atoms with Gasteiger partial charge in [0.2, 0.25) is 0 Å². The van der Waals surface area contributed by atoms with Crippen LogP contribution in [-0.2, 0) is 4.79 Å². The third-order valence-corrected chi connectivity index (χ3v) is 3.64. The molecule has 0 saturated heterocycles. The third-order valence-electron chi connectivity index (χ3n) is 3.39. The van der Waals surface area contributed by atoms with Crippen molar-refractivity contribution in [1.82, 2.24) is 0 Å². The molecular formula is C17H14ClNO2. The summed E-state index contributed by atoms with van der Waals surface area (Å²) < 4.78 is 0. The normalized spacial score (nSPS) is 13.1. The summed E-state index contributed by atoms with van der Waals surface area (Å²) in [6.07, 6.45) is -0.102. The second-order valence-electron chi connectivity index (χ2n) is 4.77. The molecule has 0 bridgehead atoms. The minimum Gasteiger partial charge on any atom is -0.481 e. The summed E-state index contributed by atoms with van der Waals surface area (Å²) in [5.41, 5.74) is 1.62. The molecular weight excluding hydrogens is 286 g/mol.